The van der Waals surface area contributed by atoms with E-state index in [1.54, 1.807) is 12.1 Å². The van der Waals surface area contributed by atoms with Crippen LogP contribution in [0.2, 0.25) is 0 Å². The third-order valence-corrected chi connectivity index (χ3v) is 2.39. The molecular weight excluding hydrogens is 234 g/mol. The monoisotopic (exact) mass is 242 g/mol. The van der Waals surface area contributed by atoms with Crippen molar-refractivity contribution >= 4 is 21.6 Å². The Morgan fingerprint density at radius 2 is 2.08 bits per heavy atom. The van der Waals surface area contributed by atoms with Gasteiger partial charge in [-0.15, -0.1) is 0 Å². The molecule has 0 bridgehead atoms. The number of nitro groups is 1. The average Bonchev–Trinajstić information content (AvgIpc) is 2.04. The van der Waals surface area contributed by atoms with E-state index in [4.69, 9.17) is 0 Å². The highest BCUT2D eigenvalue weighted by Crippen LogP contribution is 2.27. The lowest BCUT2D eigenvalue weighted by Crippen LogP contribution is -1.94. The molecule has 0 fully saturated rings. The molecule has 0 aliphatic rings. The minimum atomic E-state index is -0.390. The van der Waals surface area contributed by atoms with Crippen LogP contribution in [0, 0.1) is 16.0 Å². The molecule has 0 atom stereocenters. The maximum Gasteiger partial charge on any atom is 0.269 e. The summed E-state index contributed by atoms with van der Waals surface area (Å²) in [6.45, 7) is 3.84. The van der Waals surface area contributed by atoms with Crippen molar-refractivity contribution in [2.45, 2.75) is 13.8 Å². The summed E-state index contributed by atoms with van der Waals surface area (Å²) in [5.74, 6) is 1.05. The van der Waals surface area contributed by atoms with Gasteiger partial charge in [-0.1, -0.05) is 29.8 Å². The highest BCUT2D eigenvalue weighted by atomic mass is 79.9. The number of nitro benzene ring substituents is 1. The zero-order valence-electron chi connectivity index (χ0n) is 7.37. The van der Waals surface area contributed by atoms with Crippen molar-refractivity contribution < 1.29 is 4.92 Å². The van der Waals surface area contributed by atoms with E-state index in [9.17, 15) is 10.1 Å². The molecule has 0 saturated carbocycles. The summed E-state index contributed by atoms with van der Waals surface area (Å²) in [5, 5.41) is 10.5. The van der Waals surface area contributed by atoms with Crippen LogP contribution in [0.25, 0.3) is 0 Å². The Kier molecular flexibility index (Phi) is 3.03. The van der Waals surface area contributed by atoms with E-state index in [1.807, 2.05) is 13.8 Å². The predicted molar refractivity (Wildman–Crippen MR) is 54.5 cm³/mol. The molecule has 1 rings (SSSR count). The fourth-order valence-corrected chi connectivity index (χ4v) is 1.65. The lowest BCUT2D eigenvalue weighted by Gasteiger charge is -2.06. The van der Waals surface area contributed by atoms with E-state index in [0.717, 1.165) is 16.0 Å². The number of nitrogens with zero attached hydrogens (tertiary/aromatic N) is 1. The van der Waals surface area contributed by atoms with Crippen LogP contribution in [-0.2, 0) is 0 Å². The quantitative estimate of drug-likeness (QED) is 0.590. The fraction of sp³-hybridized carbons (Fsp3) is 0.222. The smallest absolute Gasteiger partial charge is 0.258 e. The standard InChI is InChI=1S/C9H9BrNO2/c1-6(2)8-5-7(11(12)13)3-4-9(8)10/h3-5H,1-2H3. The van der Waals surface area contributed by atoms with Crippen molar-refractivity contribution in [1.82, 2.24) is 0 Å². The highest BCUT2D eigenvalue weighted by Gasteiger charge is 2.11. The first-order valence-corrected chi connectivity index (χ1v) is 4.56. The third-order valence-electron chi connectivity index (χ3n) is 1.70. The van der Waals surface area contributed by atoms with E-state index in [-0.39, 0.29) is 5.69 Å². The number of hydrogen-bond donors (Lipinski definition) is 0. The third kappa shape index (κ3) is 2.28. The average molecular weight is 243 g/mol. The van der Waals surface area contributed by atoms with Crippen LogP contribution in [0.5, 0.6) is 0 Å². The zero-order valence-corrected chi connectivity index (χ0v) is 8.96. The molecule has 0 saturated heterocycles. The van der Waals surface area contributed by atoms with Crippen LogP contribution >= 0.6 is 15.9 Å². The lowest BCUT2D eigenvalue weighted by atomic mass is 10.0. The van der Waals surface area contributed by atoms with Crippen molar-refractivity contribution in [3.63, 3.8) is 0 Å². The van der Waals surface area contributed by atoms with Crippen LogP contribution in [0.1, 0.15) is 19.4 Å². The predicted octanol–water partition coefficient (Wildman–Crippen LogP) is 3.32. The Morgan fingerprint density at radius 3 is 2.54 bits per heavy atom. The van der Waals surface area contributed by atoms with Crippen molar-refractivity contribution in [3.05, 3.63) is 44.3 Å². The molecule has 0 unspecified atom stereocenters. The van der Waals surface area contributed by atoms with Crippen LogP contribution < -0.4 is 0 Å². The molecule has 1 aromatic rings. The first kappa shape index (κ1) is 10.2. The van der Waals surface area contributed by atoms with Gasteiger partial charge in [-0.25, -0.2) is 0 Å². The molecule has 3 nitrogen and oxygen atoms in total. The second-order valence-corrected chi connectivity index (χ2v) is 3.78. The van der Waals surface area contributed by atoms with Gasteiger partial charge in [-0.3, -0.25) is 10.1 Å². The summed E-state index contributed by atoms with van der Waals surface area (Å²) in [5.41, 5.74) is 1.01. The number of benzene rings is 1. The molecule has 1 aromatic carbocycles. The Hall–Kier alpha value is -0.900. The number of halogens is 1. The second kappa shape index (κ2) is 3.87. The summed E-state index contributed by atoms with van der Waals surface area (Å²) in [4.78, 5) is 10.1. The van der Waals surface area contributed by atoms with Crippen molar-refractivity contribution in [2.75, 3.05) is 0 Å². The lowest BCUT2D eigenvalue weighted by molar-refractivity contribution is -0.384. The Balaban J connectivity index is 3.19. The summed E-state index contributed by atoms with van der Waals surface area (Å²) in [6.07, 6.45) is 0. The highest BCUT2D eigenvalue weighted by molar-refractivity contribution is 9.10. The molecule has 0 amide bonds. The fourth-order valence-electron chi connectivity index (χ4n) is 1.01. The molecule has 69 valence electrons. The van der Waals surface area contributed by atoms with Crippen molar-refractivity contribution in [3.8, 4) is 0 Å². The van der Waals surface area contributed by atoms with Gasteiger partial charge in [0.15, 0.2) is 0 Å². The Bertz CT molecular complexity index is 336. The minimum Gasteiger partial charge on any atom is -0.258 e. The molecule has 0 aliphatic carbocycles. The van der Waals surface area contributed by atoms with Crippen molar-refractivity contribution in [1.29, 1.82) is 0 Å². The molecule has 4 heteroatoms. The van der Waals surface area contributed by atoms with Crippen molar-refractivity contribution in [2.24, 2.45) is 0 Å². The van der Waals surface area contributed by atoms with E-state index in [2.05, 4.69) is 15.9 Å². The SMILES string of the molecule is C[C](C)c1cc([N+](=O)[O-])ccc1Br. The maximum absolute atomic E-state index is 10.5. The summed E-state index contributed by atoms with van der Waals surface area (Å²) in [7, 11) is 0. The van der Waals surface area contributed by atoms with E-state index in [0.29, 0.717) is 0 Å². The van der Waals surface area contributed by atoms with E-state index < -0.39 is 4.92 Å². The number of rotatable bonds is 2. The first-order valence-electron chi connectivity index (χ1n) is 3.77. The van der Waals surface area contributed by atoms with Gasteiger partial charge in [0.2, 0.25) is 0 Å². The van der Waals surface area contributed by atoms with E-state index >= 15 is 0 Å². The first-order chi connectivity index (χ1) is 6.02. The number of hydrogen-bond acceptors (Lipinski definition) is 2. The summed E-state index contributed by atoms with van der Waals surface area (Å²) < 4.78 is 0.887. The van der Waals surface area contributed by atoms with Crippen LogP contribution in [-0.4, -0.2) is 4.92 Å². The molecule has 0 aliphatic heterocycles. The van der Waals surface area contributed by atoms with Crippen LogP contribution in [0.3, 0.4) is 0 Å². The van der Waals surface area contributed by atoms with Gasteiger partial charge in [-0.2, -0.15) is 0 Å². The largest absolute Gasteiger partial charge is 0.269 e. The van der Waals surface area contributed by atoms with Gasteiger partial charge in [0.1, 0.15) is 0 Å². The summed E-state index contributed by atoms with van der Waals surface area (Å²) >= 11 is 3.34. The molecule has 0 aromatic heterocycles. The molecule has 0 N–H and O–H groups in total. The van der Waals surface area contributed by atoms with Crippen LogP contribution in [0.4, 0.5) is 5.69 Å². The van der Waals surface area contributed by atoms with Gasteiger partial charge in [0, 0.05) is 22.5 Å². The topological polar surface area (TPSA) is 43.1 Å². The molecule has 1 radical (unpaired) electrons. The van der Waals surface area contributed by atoms with Gasteiger partial charge in [-0.05, 0) is 11.6 Å². The molecular formula is C9H9BrNO2. The minimum absolute atomic E-state index is 0.124. The Morgan fingerprint density at radius 1 is 1.46 bits per heavy atom. The molecule has 13 heavy (non-hydrogen) atoms. The van der Waals surface area contributed by atoms with Gasteiger partial charge in [0.05, 0.1) is 4.92 Å². The molecule has 0 heterocycles. The second-order valence-electron chi connectivity index (χ2n) is 2.92. The number of non-ortho nitro benzene ring substituents is 1. The van der Waals surface area contributed by atoms with E-state index in [1.165, 1.54) is 6.07 Å². The van der Waals surface area contributed by atoms with Crippen LogP contribution in [0.15, 0.2) is 22.7 Å². The normalized spacial score (nSPS) is 10.5. The zero-order chi connectivity index (χ0) is 10.0. The van der Waals surface area contributed by atoms with Gasteiger partial charge in [0.25, 0.3) is 5.69 Å². The Labute approximate surface area is 85.0 Å². The van der Waals surface area contributed by atoms with Gasteiger partial charge >= 0.3 is 0 Å². The molecule has 0 spiro atoms. The van der Waals surface area contributed by atoms with Gasteiger partial charge < -0.3 is 0 Å². The maximum atomic E-state index is 10.5. The summed E-state index contributed by atoms with van der Waals surface area (Å²) in [6, 6.07) is 4.75.